The van der Waals surface area contributed by atoms with E-state index < -0.39 is 7.32 Å². The monoisotopic (exact) mass is 500 g/mol. The average Bonchev–Trinajstić information content (AvgIpc) is 2.88. The molecule has 6 nitrogen and oxygen atoms in total. The number of ether oxygens (including phenoxy) is 3. The number of hydrogen-bond donors (Lipinski definition) is 0. The average molecular weight is 501 g/mol. The van der Waals surface area contributed by atoms with Gasteiger partial charge in [0.2, 0.25) is 0 Å². The second-order valence-electron chi connectivity index (χ2n) is 8.84. The summed E-state index contributed by atoms with van der Waals surface area (Å²) in [5, 5.41) is 21.8. The van der Waals surface area contributed by atoms with Gasteiger partial charge in [-0.2, -0.15) is 0 Å². The van der Waals surface area contributed by atoms with Gasteiger partial charge in [-0.25, -0.2) is 0 Å². The number of rotatable bonds is 14. The maximum Gasteiger partial charge on any atom is 2.00 e. The minimum atomic E-state index is -2.26. The number of hydrogen-bond acceptors (Lipinski definition) is 6. The summed E-state index contributed by atoms with van der Waals surface area (Å²) in [5.41, 5.74) is 3.40. The van der Waals surface area contributed by atoms with Gasteiger partial charge in [0.1, 0.15) is 17.2 Å². The van der Waals surface area contributed by atoms with Crippen molar-refractivity contribution in [2.75, 3.05) is 27.9 Å². The molecule has 0 heterocycles. The first-order valence-corrected chi connectivity index (χ1v) is 11.8. The van der Waals surface area contributed by atoms with Crippen molar-refractivity contribution in [2.45, 2.75) is 32.1 Å². The van der Waals surface area contributed by atoms with Crippen molar-refractivity contribution in [3.8, 4) is 17.2 Å². The Morgan fingerprint density at radius 2 is 0.944 bits per heavy atom. The summed E-state index contributed by atoms with van der Waals surface area (Å²) in [4.78, 5) is 0. The second-order valence-corrected chi connectivity index (χ2v) is 8.84. The topological polar surface area (TPSA) is 83.0 Å². The van der Waals surface area contributed by atoms with Crippen LogP contribution < -0.4 is 24.3 Å². The molecule has 0 aliphatic carbocycles. The van der Waals surface area contributed by atoms with Crippen LogP contribution in [-0.2, 0) is 23.9 Å². The first kappa shape index (κ1) is 30.0. The van der Waals surface area contributed by atoms with Gasteiger partial charge >= 0.3 is 23.1 Å². The quantitative estimate of drug-likeness (QED) is 0.250. The van der Waals surface area contributed by atoms with Crippen molar-refractivity contribution in [1.82, 2.24) is 0 Å². The standard InChI is InChI=1S/C28H33BO6.Mg/c1-32-25-11-5-22(6-12-25)19-28(17-4-18-35-29(30)31,20-23-7-13-26(33-2)14-8-23)21-24-9-15-27(34-3)16-10-24;/h5-16H,4,17-21H2,1-3H3;/q-2;+2. The normalized spacial score (nSPS) is 10.9. The van der Waals surface area contributed by atoms with Gasteiger partial charge in [0, 0.05) is 6.61 Å². The Morgan fingerprint density at radius 1 is 0.611 bits per heavy atom. The van der Waals surface area contributed by atoms with E-state index in [4.69, 9.17) is 18.9 Å². The largest absolute Gasteiger partial charge is 2.00 e. The Balaban J connectivity index is 0.00000456. The van der Waals surface area contributed by atoms with Crippen molar-refractivity contribution in [1.29, 1.82) is 0 Å². The van der Waals surface area contributed by atoms with E-state index in [9.17, 15) is 10.0 Å². The van der Waals surface area contributed by atoms with E-state index in [1.54, 1.807) is 21.3 Å². The summed E-state index contributed by atoms with van der Waals surface area (Å²) in [5.74, 6) is 2.44. The van der Waals surface area contributed by atoms with E-state index in [0.717, 1.165) is 42.9 Å². The Morgan fingerprint density at radius 3 is 1.22 bits per heavy atom. The SMILES string of the molecule is COc1ccc(CC(CCCOB([O-])[O-])(Cc2ccc(OC)cc2)Cc2ccc(OC)cc2)cc1.[Mg+2]. The fraction of sp³-hybridized carbons (Fsp3) is 0.357. The molecule has 0 unspecified atom stereocenters. The van der Waals surface area contributed by atoms with Crippen LogP contribution in [0.5, 0.6) is 17.2 Å². The van der Waals surface area contributed by atoms with Gasteiger partial charge < -0.3 is 28.9 Å². The molecule has 0 N–H and O–H groups in total. The van der Waals surface area contributed by atoms with E-state index in [0.29, 0.717) is 6.42 Å². The van der Waals surface area contributed by atoms with Crippen molar-refractivity contribution < 1.29 is 28.9 Å². The van der Waals surface area contributed by atoms with Crippen LogP contribution in [0.3, 0.4) is 0 Å². The Kier molecular flexibility index (Phi) is 12.6. The summed E-state index contributed by atoms with van der Waals surface area (Å²) in [7, 11) is 2.72. The third-order valence-electron chi connectivity index (χ3n) is 6.32. The summed E-state index contributed by atoms with van der Waals surface area (Å²) in [6.07, 6.45) is 3.83. The first-order chi connectivity index (χ1) is 16.9. The molecule has 0 aromatic heterocycles. The molecule has 0 fully saturated rings. The van der Waals surface area contributed by atoms with Crippen LogP contribution in [0.25, 0.3) is 0 Å². The Bertz CT molecular complexity index is 889. The Hall–Kier alpha value is -2.23. The molecule has 3 aromatic rings. The number of methoxy groups -OCH3 is 3. The van der Waals surface area contributed by atoms with Crippen LogP contribution in [0.1, 0.15) is 29.5 Å². The summed E-state index contributed by atoms with van der Waals surface area (Å²) < 4.78 is 20.8. The zero-order chi connectivity index (χ0) is 25.1. The van der Waals surface area contributed by atoms with Crippen LogP contribution in [0, 0.1) is 5.41 Å². The molecule has 0 spiro atoms. The third-order valence-corrected chi connectivity index (χ3v) is 6.32. The zero-order valence-electron chi connectivity index (χ0n) is 21.4. The molecule has 3 aromatic carbocycles. The van der Waals surface area contributed by atoms with Gasteiger partial charge in [-0.1, -0.05) is 36.4 Å². The van der Waals surface area contributed by atoms with Crippen molar-refractivity contribution >= 4 is 30.4 Å². The summed E-state index contributed by atoms with van der Waals surface area (Å²) in [6.45, 7) is 0.146. The van der Waals surface area contributed by atoms with E-state index >= 15 is 0 Å². The molecule has 3 rings (SSSR count). The third kappa shape index (κ3) is 9.33. The van der Waals surface area contributed by atoms with Crippen molar-refractivity contribution in [3.63, 3.8) is 0 Å². The fourth-order valence-corrected chi connectivity index (χ4v) is 4.61. The van der Waals surface area contributed by atoms with E-state index in [-0.39, 0.29) is 35.1 Å². The molecule has 0 saturated carbocycles. The van der Waals surface area contributed by atoms with Gasteiger partial charge in [-0.3, -0.25) is 0 Å². The van der Waals surface area contributed by atoms with Gasteiger partial charge in [0.05, 0.1) is 28.7 Å². The summed E-state index contributed by atoms with van der Waals surface area (Å²) >= 11 is 0. The van der Waals surface area contributed by atoms with E-state index in [1.807, 2.05) is 36.4 Å². The molecular weight excluding hydrogens is 467 g/mol. The van der Waals surface area contributed by atoms with Crippen LogP contribution in [-0.4, -0.2) is 58.3 Å². The molecule has 0 atom stereocenters. The smallest absolute Gasteiger partial charge is 0.871 e. The van der Waals surface area contributed by atoms with Gasteiger partial charge in [-0.15, -0.1) is 0 Å². The van der Waals surface area contributed by atoms with Crippen LogP contribution in [0.4, 0.5) is 0 Å². The molecule has 0 amide bonds. The van der Waals surface area contributed by atoms with E-state index in [1.165, 1.54) is 16.7 Å². The maximum absolute atomic E-state index is 10.9. The molecule has 186 valence electrons. The van der Waals surface area contributed by atoms with Gasteiger partial charge in [0.25, 0.3) is 0 Å². The van der Waals surface area contributed by atoms with Crippen molar-refractivity contribution in [2.24, 2.45) is 5.41 Å². The molecule has 0 aliphatic rings. The number of benzene rings is 3. The van der Waals surface area contributed by atoms with Crippen LogP contribution in [0.2, 0.25) is 0 Å². The predicted molar refractivity (Wildman–Crippen MR) is 139 cm³/mol. The predicted octanol–water partition coefficient (Wildman–Crippen LogP) is 2.85. The first-order valence-electron chi connectivity index (χ1n) is 11.8. The minimum absolute atomic E-state index is 0. The Labute approximate surface area is 230 Å². The van der Waals surface area contributed by atoms with Gasteiger partial charge in [-0.05, 0) is 90.6 Å². The molecular formula is C28H33BMgO6. The molecule has 0 bridgehead atoms. The van der Waals surface area contributed by atoms with Crippen LogP contribution in [0.15, 0.2) is 72.8 Å². The maximum atomic E-state index is 10.9. The van der Waals surface area contributed by atoms with Gasteiger partial charge in [0.15, 0.2) is 0 Å². The van der Waals surface area contributed by atoms with Crippen molar-refractivity contribution in [3.05, 3.63) is 89.5 Å². The summed E-state index contributed by atoms with van der Waals surface area (Å²) in [6, 6.07) is 24.4. The van der Waals surface area contributed by atoms with E-state index in [2.05, 4.69) is 36.4 Å². The fourth-order valence-electron chi connectivity index (χ4n) is 4.61. The molecule has 36 heavy (non-hydrogen) atoms. The molecule has 0 radical (unpaired) electrons. The zero-order valence-corrected chi connectivity index (χ0v) is 22.8. The molecule has 0 aliphatic heterocycles. The minimum Gasteiger partial charge on any atom is -0.871 e. The van der Waals surface area contributed by atoms with Crippen LogP contribution >= 0.6 is 0 Å². The molecule has 8 heteroatoms. The second kappa shape index (κ2) is 15.1. The molecule has 0 saturated heterocycles.